The molecule has 0 heterocycles. The highest BCUT2D eigenvalue weighted by Crippen LogP contribution is 2.57. The van der Waals surface area contributed by atoms with Crippen LogP contribution in [0.1, 0.15) is 38.5 Å². The van der Waals surface area contributed by atoms with E-state index in [9.17, 15) is 22.8 Å². The van der Waals surface area contributed by atoms with Crippen molar-refractivity contribution in [3.8, 4) is 0 Å². The fourth-order valence-electron chi connectivity index (χ4n) is 4.51. The molecule has 0 saturated heterocycles. The molecule has 0 spiro atoms. The lowest BCUT2D eigenvalue weighted by Crippen LogP contribution is -2.54. The Morgan fingerprint density at radius 3 is 1.74 bits per heavy atom. The number of hydrogen-bond donors (Lipinski definition) is 0. The zero-order chi connectivity index (χ0) is 13.8. The largest absolute Gasteiger partial charge is 0.461 e. The summed E-state index contributed by atoms with van der Waals surface area (Å²) in [6.45, 7) is 0. The monoisotopic (exact) mass is 276 g/mol. The van der Waals surface area contributed by atoms with E-state index >= 15 is 0 Å². The van der Waals surface area contributed by atoms with Crippen LogP contribution in [0.3, 0.4) is 0 Å². The summed E-state index contributed by atoms with van der Waals surface area (Å²) < 4.78 is 41.7. The first kappa shape index (κ1) is 12.9. The molecule has 4 aliphatic carbocycles. The number of ketones is 1. The standard InChI is InChI=1S/C13H15F3O3/c14-13(15,16)10(17)11(18)19-12-4-7-1-8(5-12)3-9(2-7)6-12/h7-9H,1-6H2. The van der Waals surface area contributed by atoms with E-state index in [1.165, 1.54) is 0 Å². The summed E-state index contributed by atoms with van der Waals surface area (Å²) in [5, 5.41) is 0. The molecule has 0 unspecified atom stereocenters. The third-order valence-corrected chi connectivity index (χ3v) is 4.73. The Morgan fingerprint density at radius 1 is 0.947 bits per heavy atom. The van der Waals surface area contributed by atoms with Crippen LogP contribution in [-0.4, -0.2) is 23.5 Å². The van der Waals surface area contributed by atoms with E-state index in [4.69, 9.17) is 4.74 Å². The fraction of sp³-hybridized carbons (Fsp3) is 0.846. The number of carbonyl (C=O) groups is 2. The number of halogens is 3. The van der Waals surface area contributed by atoms with Gasteiger partial charge in [0.25, 0.3) is 0 Å². The molecule has 0 aliphatic heterocycles. The minimum absolute atomic E-state index is 0.444. The molecule has 0 aromatic rings. The maximum absolute atomic E-state index is 12.2. The van der Waals surface area contributed by atoms with Crippen LogP contribution in [0.15, 0.2) is 0 Å². The zero-order valence-electron chi connectivity index (χ0n) is 10.3. The summed E-state index contributed by atoms with van der Waals surface area (Å²) in [6, 6.07) is 0. The van der Waals surface area contributed by atoms with Crippen molar-refractivity contribution in [1.82, 2.24) is 0 Å². The minimum atomic E-state index is -5.14. The van der Waals surface area contributed by atoms with Gasteiger partial charge in [-0.3, -0.25) is 4.79 Å². The Morgan fingerprint density at radius 2 is 1.37 bits per heavy atom. The van der Waals surface area contributed by atoms with E-state index in [0.29, 0.717) is 37.0 Å². The van der Waals surface area contributed by atoms with Gasteiger partial charge in [0, 0.05) is 0 Å². The van der Waals surface area contributed by atoms with Crippen molar-refractivity contribution in [2.24, 2.45) is 17.8 Å². The van der Waals surface area contributed by atoms with E-state index in [-0.39, 0.29) is 0 Å². The van der Waals surface area contributed by atoms with Crippen LogP contribution in [-0.2, 0) is 14.3 Å². The molecule has 4 fully saturated rings. The van der Waals surface area contributed by atoms with Gasteiger partial charge < -0.3 is 4.74 Å². The van der Waals surface area contributed by atoms with Gasteiger partial charge in [-0.05, 0) is 56.3 Å². The van der Waals surface area contributed by atoms with E-state index in [1.54, 1.807) is 0 Å². The van der Waals surface area contributed by atoms with Crippen LogP contribution in [0.5, 0.6) is 0 Å². The Hall–Kier alpha value is -1.07. The second-order valence-corrected chi connectivity index (χ2v) is 6.32. The Kier molecular flexibility index (Phi) is 2.70. The van der Waals surface area contributed by atoms with Gasteiger partial charge in [0.15, 0.2) is 0 Å². The zero-order valence-corrected chi connectivity index (χ0v) is 10.3. The quantitative estimate of drug-likeness (QED) is 0.575. The molecule has 0 atom stereocenters. The topological polar surface area (TPSA) is 43.4 Å². The Balaban J connectivity index is 1.73. The smallest absolute Gasteiger partial charge is 0.453 e. The van der Waals surface area contributed by atoms with Crippen LogP contribution in [0.4, 0.5) is 13.2 Å². The highest BCUT2D eigenvalue weighted by molar-refractivity contribution is 6.36. The molecular weight excluding hydrogens is 261 g/mol. The number of esters is 1. The van der Waals surface area contributed by atoms with Crippen LogP contribution < -0.4 is 0 Å². The van der Waals surface area contributed by atoms with Crippen molar-refractivity contribution in [2.75, 3.05) is 0 Å². The van der Waals surface area contributed by atoms with E-state index in [1.807, 2.05) is 0 Å². The predicted molar refractivity (Wildman–Crippen MR) is 58.1 cm³/mol. The summed E-state index contributed by atoms with van der Waals surface area (Å²) in [5.41, 5.74) is -0.799. The normalized spacial score (nSPS) is 40.3. The lowest BCUT2D eigenvalue weighted by atomic mass is 9.54. The van der Waals surface area contributed by atoms with Crippen LogP contribution in [0.25, 0.3) is 0 Å². The molecule has 106 valence electrons. The molecule has 0 aromatic carbocycles. The van der Waals surface area contributed by atoms with Gasteiger partial charge in [0.05, 0.1) is 0 Å². The fourth-order valence-corrected chi connectivity index (χ4v) is 4.51. The summed E-state index contributed by atoms with van der Waals surface area (Å²) in [6.07, 6.45) is -0.0148. The summed E-state index contributed by atoms with van der Waals surface area (Å²) >= 11 is 0. The predicted octanol–water partition coefficient (Wildman–Crippen LogP) is 2.63. The van der Waals surface area contributed by atoms with E-state index < -0.39 is 23.5 Å². The van der Waals surface area contributed by atoms with Crippen LogP contribution in [0, 0.1) is 17.8 Å². The molecule has 4 bridgehead atoms. The SMILES string of the molecule is O=C(OC12CC3CC(CC(C3)C1)C2)C(=O)C(F)(F)F. The highest BCUT2D eigenvalue weighted by atomic mass is 19.4. The average Bonchev–Trinajstić information content (AvgIpc) is 2.23. The van der Waals surface area contributed by atoms with Gasteiger partial charge in [-0.25, -0.2) is 4.79 Å². The van der Waals surface area contributed by atoms with E-state index in [0.717, 1.165) is 19.3 Å². The molecule has 4 aliphatic rings. The number of rotatable bonds is 2. The lowest BCUT2D eigenvalue weighted by molar-refractivity contribution is -0.202. The van der Waals surface area contributed by atoms with Crippen molar-refractivity contribution in [2.45, 2.75) is 50.3 Å². The minimum Gasteiger partial charge on any atom is -0.453 e. The first-order valence-corrected chi connectivity index (χ1v) is 6.62. The van der Waals surface area contributed by atoms with Crippen molar-refractivity contribution >= 4 is 11.8 Å². The van der Waals surface area contributed by atoms with Crippen molar-refractivity contribution in [1.29, 1.82) is 0 Å². The number of carbonyl (C=O) groups excluding carboxylic acids is 2. The summed E-state index contributed by atoms with van der Waals surface area (Å²) in [4.78, 5) is 22.3. The van der Waals surface area contributed by atoms with E-state index in [2.05, 4.69) is 0 Å². The molecule has 0 aromatic heterocycles. The molecular formula is C13H15F3O3. The second-order valence-electron chi connectivity index (χ2n) is 6.32. The number of alkyl halides is 3. The first-order valence-electron chi connectivity index (χ1n) is 6.62. The average molecular weight is 276 g/mol. The number of hydrogen-bond acceptors (Lipinski definition) is 3. The molecule has 0 amide bonds. The van der Waals surface area contributed by atoms with Gasteiger partial charge >= 0.3 is 17.9 Å². The van der Waals surface area contributed by atoms with Crippen molar-refractivity contribution in [3.05, 3.63) is 0 Å². The molecule has 3 nitrogen and oxygen atoms in total. The van der Waals surface area contributed by atoms with Gasteiger partial charge in [0.2, 0.25) is 0 Å². The van der Waals surface area contributed by atoms with Gasteiger partial charge in [-0.2, -0.15) is 13.2 Å². The Bertz CT molecular complexity index is 392. The van der Waals surface area contributed by atoms with Gasteiger partial charge in [-0.1, -0.05) is 0 Å². The summed E-state index contributed by atoms with van der Waals surface area (Å²) in [5.74, 6) is -2.78. The number of Topliss-reactive ketones (excluding diaryl/α,β-unsaturated/α-hetero) is 1. The first-order chi connectivity index (χ1) is 8.77. The van der Waals surface area contributed by atoms with Gasteiger partial charge in [-0.15, -0.1) is 0 Å². The molecule has 19 heavy (non-hydrogen) atoms. The third-order valence-electron chi connectivity index (χ3n) is 4.73. The molecule has 0 N–H and O–H groups in total. The number of ether oxygens (including phenoxy) is 1. The Labute approximate surface area is 108 Å². The highest BCUT2D eigenvalue weighted by Gasteiger charge is 2.55. The van der Waals surface area contributed by atoms with Crippen molar-refractivity contribution in [3.63, 3.8) is 0 Å². The summed E-state index contributed by atoms with van der Waals surface area (Å²) in [7, 11) is 0. The van der Waals surface area contributed by atoms with Crippen LogP contribution >= 0.6 is 0 Å². The second kappa shape index (κ2) is 3.96. The van der Waals surface area contributed by atoms with Crippen LogP contribution in [0.2, 0.25) is 0 Å². The maximum atomic E-state index is 12.2. The molecule has 4 saturated carbocycles. The van der Waals surface area contributed by atoms with Crippen molar-refractivity contribution < 1.29 is 27.5 Å². The van der Waals surface area contributed by atoms with Gasteiger partial charge in [0.1, 0.15) is 5.60 Å². The maximum Gasteiger partial charge on any atom is 0.461 e. The third kappa shape index (κ3) is 2.25. The molecule has 0 radical (unpaired) electrons. The lowest BCUT2D eigenvalue weighted by Gasteiger charge is -2.55. The molecule has 4 rings (SSSR count). The molecule has 6 heteroatoms.